The summed E-state index contributed by atoms with van der Waals surface area (Å²) in [4.78, 5) is 0. The molecule has 1 heteroatoms. The summed E-state index contributed by atoms with van der Waals surface area (Å²) < 4.78 is 0. The van der Waals surface area contributed by atoms with Crippen molar-refractivity contribution < 1.29 is 0 Å². The van der Waals surface area contributed by atoms with E-state index in [0.29, 0.717) is 0 Å². The summed E-state index contributed by atoms with van der Waals surface area (Å²) in [6, 6.07) is 9.25. The van der Waals surface area contributed by atoms with Crippen molar-refractivity contribution in [3.05, 3.63) is 47.5 Å². The Bertz CT molecular complexity index is 412. The first-order valence-electron chi connectivity index (χ1n) is 7.14. The molecule has 0 aliphatic rings. The van der Waals surface area contributed by atoms with Crippen LogP contribution in [-0.4, -0.2) is 5.54 Å². The number of hydrogen-bond acceptors (Lipinski definition) is 1. The number of nitrogens with one attached hydrogen (secondary N) is 1. The lowest BCUT2D eigenvalue weighted by Crippen LogP contribution is -2.38. The lowest BCUT2D eigenvalue weighted by atomic mass is 9.86. The molecule has 0 fully saturated rings. The topological polar surface area (TPSA) is 12.0 Å². The van der Waals surface area contributed by atoms with Gasteiger partial charge in [-0.25, -0.2) is 0 Å². The van der Waals surface area contributed by atoms with Crippen LogP contribution in [0.1, 0.15) is 65.6 Å². The first-order valence-corrected chi connectivity index (χ1v) is 7.14. The highest BCUT2D eigenvalue weighted by Crippen LogP contribution is 2.25. The van der Waals surface area contributed by atoms with Crippen molar-refractivity contribution in [3.8, 4) is 0 Å². The molecule has 106 valence electrons. The van der Waals surface area contributed by atoms with Crippen LogP contribution in [0, 0.1) is 0 Å². The number of benzene rings is 1. The summed E-state index contributed by atoms with van der Waals surface area (Å²) in [5.41, 5.74) is 3.02. The average molecular weight is 259 g/mol. The van der Waals surface area contributed by atoms with Crippen molar-refractivity contribution in [3.63, 3.8) is 0 Å². The molecule has 0 saturated heterocycles. The Morgan fingerprint density at radius 1 is 0.947 bits per heavy atom. The molecule has 0 amide bonds. The van der Waals surface area contributed by atoms with Crippen LogP contribution < -0.4 is 5.32 Å². The molecule has 0 aliphatic carbocycles. The molecule has 1 aromatic rings. The van der Waals surface area contributed by atoms with Gasteiger partial charge < -0.3 is 5.32 Å². The third kappa shape index (κ3) is 5.20. The maximum atomic E-state index is 3.64. The summed E-state index contributed by atoms with van der Waals surface area (Å²) in [5, 5.41) is 3.64. The molecule has 19 heavy (non-hydrogen) atoms. The van der Waals surface area contributed by atoms with E-state index in [1.54, 1.807) is 0 Å². The molecule has 0 aliphatic heterocycles. The minimum atomic E-state index is 0.104. The zero-order chi connectivity index (χ0) is 14.7. The van der Waals surface area contributed by atoms with Gasteiger partial charge in [0.15, 0.2) is 0 Å². The van der Waals surface area contributed by atoms with Gasteiger partial charge in [0.25, 0.3) is 0 Å². The Morgan fingerprint density at radius 3 is 1.84 bits per heavy atom. The molecule has 1 N–H and O–H groups in total. The Hall–Kier alpha value is -1.08. The predicted octanol–water partition coefficient (Wildman–Crippen LogP) is 4.99. The summed E-state index contributed by atoms with van der Waals surface area (Å²) in [6.07, 6.45) is 4.33. The SMILES string of the molecule is C/C=C/C(NC(C)(C)C)c1ccc(C(C)(C)C)cc1. The minimum Gasteiger partial charge on any atom is -0.302 e. The minimum absolute atomic E-state index is 0.104. The van der Waals surface area contributed by atoms with Crippen LogP contribution >= 0.6 is 0 Å². The van der Waals surface area contributed by atoms with Crippen LogP contribution in [0.5, 0.6) is 0 Å². The maximum Gasteiger partial charge on any atom is 0.0510 e. The van der Waals surface area contributed by atoms with Crippen LogP contribution in [0.15, 0.2) is 36.4 Å². The molecule has 1 rings (SSSR count). The number of hydrogen-bond donors (Lipinski definition) is 1. The normalized spacial score (nSPS) is 14.9. The van der Waals surface area contributed by atoms with Crippen molar-refractivity contribution in [2.75, 3.05) is 0 Å². The first kappa shape index (κ1) is 16.0. The van der Waals surface area contributed by atoms with E-state index in [1.807, 2.05) is 0 Å². The molecule has 0 radical (unpaired) electrons. The van der Waals surface area contributed by atoms with E-state index in [0.717, 1.165) is 0 Å². The fraction of sp³-hybridized carbons (Fsp3) is 0.556. The molecule has 1 atom stereocenters. The van der Waals surface area contributed by atoms with Crippen molar-refractivity contribution in [1.82, 2.24) is 5.32 Å². The van der Waals surface area contributed by atoms with Gasteiger partial charge >= 0.3 is 0 Å². The van der Waals surface area contributed by atoms with E-state index in [-0.39, 0.29) is 17.0 Å². The van der Waals surface area contributed by atoms with Gasteiger partial charge in [0, 0.05) is 5.54 Å². The molecule has 1 unspecified atom stereocenters. The van der Waals surface area contributed by atoms with Crippen molar-refractivity contribution in [1.29, 1.82) is 0 Å². The smallest absolute Gasteiger partial charge is 0.0510 e. The van der Waals surface area contributed by atoms with Crippen LogP contribution in [-0.2, 0) is 5.41 Å². The lowest BCUT2D eigenvalue weighted by molar-refractivity contribution is 0.396. The number of allylic oxidation sites excluding steroid dienone is 1. The highest BCUT2D eigenvalue weighted by atomic mass is 15.0. The zero-order valence-corrected chi connectivity index (χ0v) is 13.5. The largest absolute Gasteiger partial charge is 0.302 e. The van der Waals surface area contributed by atoms with Gasteiger partial charge in [-0.05, 0) is 44.2 Å². The Labute approximate surface area is 119 Å². The van der Waals surface area contributed by atoms with E-state index in [4.69, 9.17) is 0 Å². The van der Waals surface area contributed by atoms with Gasteiger partial charge in [0.2, 0.25) is 0 Å². The molecule has 1 nitrogen and oxygen atoms in total. The highest BCUT2D eigenvalue weighted by molar-refractivity contribution is 5.31. The molecule has 0 saturated carbocycles. The number of rotatable bonds is 3. The summed E-state index contributed by atoms with van der Waals surface area (Å²) in [6.45, 7) is 15.4. The highest BCUT2D eigenvalue weighted by Gasteiger charge is 2.18. The predicted molar refractivity (Wildman–Crippen MR) is 85.6 cm³/mol. The Kier molecular flexibility index (Phi) is 4.98. The van der Waals surface area contributed by atoms with Gasteiger partial charge in [-0.2, -0.15) is 0 Å². The maximum absolute atomic E-state index is 3.64. The van der Waals surface area contributed by atoms with Gasteiger partial charge in [0.1, 0.15) is 0 Å². The second-order valence-corrected chi connectivity index (χ2v) is 7.27. The summed E-state index contributed by atoms with van der Waals surface area (Å²) in [5.74, 6) is 0. The van der Waals surface area contributed by atoms with Gasteiger partial charge in [-0.15, -0.1) is 0 Å². The first-order chi connectivity index (χ1) is 8.63. The standard InChI is InChI=1S/C18H29N/c1-8-9-16(19-18(5,6)7)14-10-12-15(13-11-14)17(2,3)4/h8-13,16,19H,1-7H3/b9-8+. The fourth-order valence-electron chi connectivity index (χ4n) is 2.09. The lowest BCUT2D eigenvalue weighted by Gasteiger charge is -2.28. The van der Waals surface area contributed by atoms with Gasteiger partial charge in [-0.1, -0.05) is 57.2 Å². The molecular formula is C18H29N. The molecule has 0 spiro atoms. The van der Waals surface area contributed by atoms with Gasteiger partial charge in [0.05, 0.1) is 6.04 Å². The van der Waals surface area contributed by atoms with Crippen LogP contribution in [0.3, 0.4) is 0 Å². The molecular weight excluding hydrogens is 230 g/mol. The monoisotopic (exact) mass is 259 g/mol. The van der Waals surface area contributed by atoms with E-state index in [2.05, 4.69) is 90.2 Å². The molecule has 0 bridgehead atoms. The zero-order valence-electron chi connectivity index (χ0n) is 13.5. The molecule has 1 aromatic carbocycles. The Morgan fingerprint density at radius 2 is 1.47 bits per heavy atom. The third-order valence-electron chi connectivity index (χ3n) is 3.11. The molecule has 0 heterocycles. The fourth-order valence-corrected chi connectivity index (χ4v) is 2.09. The van der Waals surface area contributed by atoms with Crippen LogP contribution in [0.2, 0.25) is 0 Å². The van der Waals surface area contributed by atoms with E-state index >= 15 is 0 Å². The van der Waals surface area contributed by atoms with Crippen LogP contribution in [0.4, 0.5) is 0 Å². The average Bonchev–Trinajstić information content (AvgIpc) is 2.26. The van der Waals surface area contributed by atoms with E-state index in [9.17, 15) is 0 Å². The molecule has 0 aromatic heterocycles. The van der Waals surface area contributed by atoms with Gasteiger partial charge in [-0.3, -0.25) is 0 Å². The van der Waals surface area contributed by atoms with E-state index in [1.165, 1.54) is 11.1 Å². The third-order valence-corrected chi connectivity index (χ3v) is 3.11. The summed E-state index contributed by atoms with van der Waals surface area (Å²) >= 11 is 0. The van der Waals surface area contributed by atoms with Crippen LogP contribution in [0.25, 0.3) is 0 Å². The van der Waals surface area contributed by atoms with Crippen molar-refractivity contribution in [2.24, 2.45) is 0 Å². The van der Waals surface area contributed by atoms with Crippen molar-refractivity contribution >= 4 is 0 Å². The quantitative estimate of drug-likeness (QED) is 0.754. The summed E-state index contributed by atoms with van der Waals surface area (Å²) in [7, 11) is 0. The second kappa shape index (κ2) is 5.92. The van der Waals surface area contributed by atoms with Crippen molar-refractivity contribution in [2.45, 2.75) is 65.5 Å². The Balaban J connectivity index is 2.98. The second-order valence-electron chi connectivity index (χ2n) is 7.27. The van der Waals surface area contributed by atoms with E-state index < -0.39 is 0 Å².